The number of para-hydroxylation sites is 1. The van der Waals surface area contributed by atoms with Crippen LogP contribution in [0.3, 0.4) is 0 Å². The maximum atomic E-state index is 5.18. The molecule has 2 saturated carbocycles. The van der Waals surface area contributed by atoms with E-state index < -0.39 is 0 Å². The highest BCUT2D eigenvalue weighted by atomic mass is 15.0. The zero-order valence-corrected chi connectivity index (χ0v) is 20.0. The first-order valence-corrected chi connectivity index (χ1v) is 12.8. The van der Waals surface area contributed by atoms with Crippen LogP contribution < -0.4 is 0 Å². The van der Waals surface area contributed by atoms with Crippen molar-refractivity contribution in [1.29, 1.82) is 0 Å². The Morgan fingerprint density at radius 3 is 1.61 bits per heavy atom. The third kappa shape index (κ3) is 1.65. The highest BCUT2D eigenvalue weighted by molar-refractivity contribution is 6.25. The Morgan fingerprint density at radius 1 is 0.667 bits per heavy atom. The first-order chi connectivity index (χ1) is 15.8. The Labute approximate surface area is 193 Å². The van der Waals surface area contributed by atoms with E-state index in [2.05, 4.69) is 62.7 Å². The van der Waals surface area contributed by atoms with E-state index in [9.17, 15) is 0 Å². The third-order valence-electron chi connectivity index (χ3n) is 10.8. The molecule has 33 heavy (non-hydrogen) atoms. The molecule has 0 N–H and O–H groups in total. The number of hydrogen-bond acceptors (Lipinski definition) is 2. The Hall–Kier alpha value is -2.68. The molecule has 9 rings (SSSR count). The van der Waals surface area contributed by atoms with E-state index in [4.69, 9.17) is 9.97 Å². The maximum absolute atomic E-state index is 5.18. The smallest absolute Gasteiger partial charge is 0.0728 e. The predicted octanol–water partition coefficient (Wildman–Crippen LogP) is 7.05. The normalized spacial score (nSPS) is 36.2. The van der Waals surface area contributed by atoms with Crippen LogP contribution in [0.25, 0.3) is 38.1 Å². The summed E-state index contributed by atoms with van der Waals surface area (Å²) in [5.74, 6) is 0. The summed E-state index contributed by atoms with van der Waals surface area (Å²) < 4.78 is 2.52. The molecule has 0 spiro atoms. The van der Waals surface area contributed by atoms with Crippen molar-refractivity contribution in [2.45, 2.75) is 87.9 Å². The lowest BCUT2D eigenvalue weighted by molar-refractivity contribution is 0.478. The van der Waals surface area contributed by atoms with Gasteiger partial charge in [0.15, 0.2) is 0 Å². The quantitative estimate of drug-likeness (QED) is 0.263. The van der Waals surface area contributed by atoms with Crippen molar-refractivity contribution in [3.63, 3.8) is 0 Å². The van der Waals surface area contributed by atoms with Crippen LogP contribution in [0.2, 0.25) is 0 Å². The SMILES string of the molecule is CC12CCC(C)(C1)c1c2ncc2c1c1cccc3c4c5c(ncc4n2c13)C1(C)CCC5(C)C1. The number of aromatic nitrogens is 3. The van der Waals surface area contributed by atoms with Gasteiger partial charge in [-0.15, -0.1) is 0 Å². The van der Waals surface area contributed by atoms with Gasteiger partial charge in [-0.1, -0.05) is 45.9 Å². The molecule has 3 nitrogen and oxygen atoms in total. The Morgan fingerprint density at radius 2 is 1.12 bits per heavy atom. The molecule has 4 aliphatic carbocycles. The average Bonchev–Trinajstić information content (AvgIpc) is 3.57. The fourth-order valence-electron chi connectivity index (χ4n) is 9.55. The molecule has 4 aliphatic rings. The monoisotopic (exact) mass is 431 g/mol. The number of pyridine rings is 2. The van der Waals surface area contributed by atoms with E-state index in [0.29, 0.717) is 0 Å². The highest BCUT2D eigenvalue weighted by Gasteiger charge is 2.56. The fraction of sp³-hybridized carbons (Fsp3) is 0.467. The summed E-state index contributed by atoms with van der Waals surface area (Å²) in [7, 11) is 0. The molecule has 4 atom stereocenters. The highest BCUT2D eigenvalue weighted by Crippen LogP contribution is 2.64. The minimum absolute atomic E-state index is 0.248. The summed E-state index contributed by atoms with van der Waals surface area (Å²) in [5.41, 5.74) is 10.8. The second-order valence-corrected chi connectivity index (χ2v) is 13.1. The molecule has 0 aliphatic heterocycles. The van der Waals surface area contributed by atoms with Crippen LogP contribution in [0.5, 0.6) is 0 Å². The Bertz CT molecular complexity index is 1620. The third-order valence-corrected chi connectivity index (χ3v) is 10.8. The van der Waals surface area contributed by atoms with Crippen LogP contribution >= 0.6 is 0 Å². The van der Waals surface area contributed by atoms with Gasteiger partial charge in [0, 0.05) is 32.4 Å². The predicted molar refractivity (Wildman–Crippen MR) is 134 cm³/mol. The van der Waals surface area contributed by atoms with Crippen molar-refractivity contribution in [3.05, 3.63) is 53.1 Å². The molecule has 4 aromatic heterocycles. The summed E-state index contributed by atoms with van der Waals surface area (Å²) in [6, 6.07) is 7.03. The van der Waals surface area contributed by atoms with Crippen molar-refractivity contribution < 1.29 is 0 Å². The number of rotatable bonds is 0. The summed E-state index contributed by atoms with van der Waals surface area (Å²) in [6.07, 6.45) is 12.0. The molecule has 0 amide bonds. The lowest BCUT2D eigenvalue weighted by atomic mass is 9.78. The van der Waals surface area contributed by atoms with Gasteiger partial charge in [-0.05, 0) is 60.5 Å². The molecule has 1 aromatic carbocycles. The van der Waals surface area contributed by atoms with E-state index in [1.54, 1.807) is 11.1 Å². The van der Waals surface area contributed by atoms with Gasteiger partial charge in [0.25, 0.3) is 0 Å². The molecular formula is C30H29N3. The van der Waals surface area contributed by atoms with Crippen LogP contribution in [0.1, 0.15) is 88.7 Å². The molecule has 2 fully saturated rings. The van der Waals surface area contributed by atoms with Crippen LogP contribution in [0.4, 0.5) is 0 Å². The van der Waals surface area contributed by atoms with E-state index in [0.717, 1.165) is 0 Å². The molecule has 164 valence electrons. The molecular weight excluding hydrogens is 402 g/mol. The van der Waals surface area contributed by atoms with Crippen LogP contribution in [-0.4, -0.2) is 14.4 Å². The van der Waals surface area contributed by atoms with Gasteiger partial charge in [0.05, 0.1) is 40.3 Å². The minimum atomic E-state index is 0.248. The van der Waals surface area contributed by atoms with Gasteiger partial charge in [-0.3, -0.25) is 9.97 Å². The largest absolute Gasteiger partial charge is 0.305 e. The van der Waals surface area contributed by atoms with Crippen molar-refractivity contribution in [1.82, 2.24) is 14.4 Å². The molecule has 5 aromatic rings. The van der Waals surface area contributed by atoms with Gasteiger partial charge in [-0.2, -0.15) is 0 Å². The van der Waals surface area contributed by atoms with Gasteiger partial charge in [0.2, 0.25) is 0 Å². The molecule has 4 heterocycles. The average molecular weight is 432 g/mol. The Kier molecular flexibility index (Phi) is 2.56. The molecule has 4 bridgehead atoms. The fourth-order valence-corrected chi connectivity index (χ4v) is 9.55. The lowest BCUT2D eigenvalue weighted by Gasteiger charge is -2.27. The number of hydrogen-bond donors (Lipinski definition) is 0. The van der Waals surface area contributed by atoms with Gasteiger partial charge >= 0.3 is 0 Å². The summed E-state index contributed by atoms with van der Waals surface area (Å²) >= 11 is 0. The standard InChI is InChI=1S/C30H29N3/c1-27-8-10-29(3,14-27)25-22(27)20-16-6-5-7-17-21-19(33(24(16)17)18(20)12-31-25)13-32-26-23(21)28(2)9-11-30(26,4)15-28/h5-7,12-13H,8-11,14-15H2,1-4H3. The summed E-state index contributed by atoms with van der Waals surface area (Å²) in [6.45, 7) is 9.87. The minimum Gasteiger partial charge on any atom is -0.305 e. The molecule has 3 heteroatoms. The molecule has 0 radical (unpaired) electrons. The maximum Gasteiger partial charge on any atom is 0.0728 e. The van der Waals surface area contributed by atoms with Crippen LogP contribution in [0, 0.1) is 0 Å². The summed E-state index contributed by atoms with van der Waals surface area (Å²) in [4.78, 5) is 10.4. The number of nitrogens with zero attached hydrogens (tertiary/aromatic N) is 3. The summed E-state index contributed by atoms with van der Waals surface area (Å²) in [5, 5.41) is 5.77. The van der Waals surface area contributed by atoms with Crippen molar-refractivity contribution in [2.24, 2.45) is 0 Å². The van der Waals surface area contributed by atoms with Crippen molar-refractivity contribution >= 4 is 38.1 Å². The van der Waals surface area contributed by atoms with E-state index >= 15 is 0 Å². The van der Waals surface area contributed by atoms with Crippen LogP contribution in [-0.2, 0) is 21.7 Å². The second-order valence-electron chi connectivity index (χ2n) is 13.1. The first-order valence-electron chi connectivity index (χ1n) is 12.8. The molecule has 0 saturated heterocycles. The number of benzene rings is 1. The lowest BCUT2D eigenvalue weighted by Crippen LogP contribution is -2.20. The van der Waals surface area contributed by atoms with E-state index in [-0.39, 0.29) is 21.7 Å². The Balaban J connectivity index is 1.52. The zero-order chi connectivity index (χ0) is 22.1. The van der Waals surface area contributed by atoms with Crippen LogP contribution in [0.15, 0.2) is 30.6 Å². The van der Waals surface area contributed by atoms with E-state index in [1.807, 2.05) is 0 Å². The first kappa shape index (κ1) is 17.8. The topological polar surface area (TPSA) is 30.2 Å². The van der Waals surface area contributed by atoms with Crippen molar-refractivity contribution in [3.8, 4) is 0 Å². The zero-order valence-electron chi connectivity index (χ0n) is 20.0. The van der Waals surface area contributed by atoms with Gasteiger partial charge < -0.3 is 4.40 Å². The van der Waals surface area contributed by atoms with Gasteiger partial charge in [0.1, 0.15) is 0 Å². The molecule has 4 unspecified atom stereocenters. The van der Waals surface area contributed by atoms with Crippen molar-refractivity contribution in [2.75, 3.05) is 0 Å². The van der Waals surface area contributed by atoms with Gasteiger partial charge in [-0.25, -0.2) is 0 Å². The second kappa shape index (κ2) is 4.76. The van der Waals surface area contributed by atoms with E-state index in [1.165, 1.54) is 88.0 Å². The number of fused-ring (bicyclic) bond motifs is 18.